The van der Waals surface area contributed by atoms with Crippen LogP contribution in [0.2, 0.25) is 0 Å². The molecule has 12 N–H and O–H groups in total. The molecule has 234 valence electrons. The predicted octanol–water partition coefficient (Wildman–Crippen LogP) is -2.82. The van der Waals surface area contributed by atoms with Crippen molar-refractivity contribution in [2.45, 2.75) is 62.7 Å². The Hall–Kier alpha value is -4.83. The quantitative estimate of drug-likeness (QED) is 0.0745. The van der Waals surface area contributed by atoms with Crippen LogP contribution in [0, 0.1) is 0 Å². The fourth-order valence-electron chi connectivity index (χ4n) is 4.05. The molecule has 4 atom stereocenters. The fourth-order valence-corrected chi connectivity index (χ4v) is 4.05. The smallest absolute Gasteiger partial charge is 0.305 e. The van der Waals surface area contributed by atoms with Crippen molar-refractivity contribution in [2.24, 2.45) is 17.2 Å². The van der Waals surface area contributed by atoms with Crippen LogP contribution >= 0.6 is 0 Å². The Morgan fingerprint density at radius 3 is 2.12 bits per heavy atom. The molecule has 0 radical (unpaired) electrons. The molecular formula is C27H39N9O7. The van der Waals surface area contributed by atoms with Gasteiger partial charge in [0.15, 0.2) is 0 Å². The third-order valence-corrected chi connectivity index (χ3v) is 6.28. The largest absolute Gasteiger partial charge is 0.481 e. The van der Waals surface area contributed by atoms with Crippen LogP contribution in [0.15, 0.2) is 42.9 Å². The summed E-state index contributed by atoms with van der Waals surface area (Å²) in [6.07, 6.45) is 3.20. The van der Waals surface area contributed by atoms with E-state index in [1.807, 2.05) is 6.07 Å². The van der Waals surface area contributed by atoms with E-state index in [-0.39, 0.29) is 19.3 Å². The molecule has 0 saturated heterocycles. The number of nitrogens with two attached hydrogens (primary N) is 3. The lowest BCUT2D eigenvalue weighted by Crippen LogP contribution is -2.58. The summed E-state index contributed by atoms with van der Waals surface area (Å²) in [5, 5.41) is 19.1. The maximum Gasteiger partial charge on any atom is 0.305 e. The summed E-state index contributed by atoms with van der Waals surface area (Å²) in [4.78, 5) is 81.4. The van der Waals surface area contributed by atoms with Gasteiger partial charge in [0, 0.05) is 18.3 Å². The van der Waals surface area contributed by atoms with Crippen LogP contribution in [0.3, 0.4) is 0 Å². The van der Waals surface area contributed by atoms with Crippen LogP contribution < -0.4 is 38.5 Å². The number of aromatic nitrogens is 2. The molecule has 1 heterocycles. The topological polar surface area (TPSA) is 278 Å². The standard InChI is InChI=1S/C27H39N9O7/c28-9-5-4-8-19(34-24(40)18(29)10-16-6-2-1-3-7-16)26(42)36-21(12-23(38)39)27(43)35-20(11-17-13-31-15-33-17)25(41)32-14-22(30)37/h1-3,6-7,13,15,18-21H,4-5,8-12,14,28-29H2,(H2,30,37)(H,31,33)(H,32,41)(H,34,40)(H,35,43)(H,36,42)(H,38,39)/t18-,19-,20-,21-/m0/s1. The van der Waals surface area contributed by atoms with Crippen molar-refractivity contribution in [3.05, 3.63) is 54.1 Å². The van der Waals surface area contributed by atoms with E-state index in [0.717, 1.165) is 5.56 Å². The summed E-state index contributed by atoms with van der Waals surface area (Å²) >= 11 is 0. The zero-order valence-electron chi connectivity index (χ0n) is 23.6. The van der Waals surface area contributed by atoms with Gasteiger partial charge in [-0.15, -0.1) is 0 Å². The third-order valence-electron chi connectivity index (χ3n) is 6.28. The van der Waals surface area contributed by atoms with E-state index < -0.39 is 72.6 Å². The predicted molar refractivity (Wildman–Crippen MR) is 154 cm³/mol. The van der Waals surface area contributed by atoms with Crippen molar-refractivity contribution in [3.63, 3.8) is 0 Å². The van der Waals surface area contributed by atoms with E-state index in [9.17, 15) is 33.9 Å². The molecule has 0 aliphatic rings. The summed E-state index contributed by atoms with van der Waals surface area (Å²) < 4.78 is 0. The van der Waals surface area contributed by atoms with Gasteiger partial charge in [-0.05, 0) is 37.8 Å². The SMILES string of the molecule is NCCCC[C@H](NC(=O)[C@@H](N)Cc1ccccc1)C(=O)N[C@@H](CC(=O)O)C(=O)N[C@@H](Cc1cnc[nH]1)C(=O)NCC(N)=O. The number of aromatic amines is 1. The molecule has 16 heteroatoms. The van der Waals surface area contributed by atoms with Crippen LogP contribution in [-0.4, -0.2) is 87.8 Å². The zero-order valence-corrected chi connectivity index (χ0v) is 23.6. The van der Waals surface area contributed by atoms with Gasteiger partial charge < -0.3 is 48.6 Å². The number of rotatable bonds is 19. The first-order chi connectivity index (χ1) is 20.5. The number of carboxylic acids is 1. The number of nitrogens with zero attached hydrogens (tertiary/aromatic N) is 1. The minimum atomic E-state index is -1.62. The summed E-state index contributed by atoms with van der Waals surface area (Å²) in [5.74, 6) is -5.41. The lowest BCUT2D eigenvalue weighted by atomic mass is 10.0. The highest BCUT2D eigenvalue weighted by Crippen LogP contribution is 2.07. The first kappa shape index (κ1) is 34.4. The second-order valence-corrected chi connectivity index (χ2v) is 9.83. The first-order valence-corrected chi connectivity index (χ1v) is 13.7. The Balaban J connectivity index is 2.17. The van der Waals surface area contributed by atoms with Gasteiger partial charge in [-0.1, -0.05) is 30.3 Å². The van der Waals surface area contributed by atoms with Gasteiger partial charge in [-0.25, -0.2) is 4.98 Å². The van der Waals surface area contributed by atoms with E-state index in [4.69, 9.17) is 17.2 Å². The van der Waals surface area contributed by atoms with Crippen LogP contribution in [0.25, 0.3) is 0 Å². The van der Waals surface area contributed by atoms with E-state index in [1.54, 1.807) is 24.3 Å². The van der Waals surface area contributed by atoms with Crippen LogP contribution in [0.5, 0.6) is 0 Å². The lowest BCUT2D eigenvalue weighted by Gasteiger charge is -2.25. The minimum absolute atomic E-state index is 0.0961. The number of hydrogen-bond donors (Lipinski definition) is 9. The summed E-state index contributed by atoms with van der Waals surface area (Å²) in [7, 11) is 0. The molecule has 0 fully saturated rings. The monoisotopic (exact) mass is 601 g/mol. The minimum Gasteiger partial charge on any atom is -0.481 e. The number of aliphatic carboxylic acids is 1. The lowest BCUT2D eigenvalue weighted by molar-refractivity contribution is -0.141. The number of amides is 5. The molecule has 0 unspecified atom stereocenters. The van der Waals surface area contributed by atoms with E-state index >= 15 is 0 Å². The molecule has 0 bridgehead atoms. The summed E-state index contributed by atoms with van der Waals surface area (Å²) in [6, 6.07) is 4.01. The summed E-state index contributed by atoms with van der Waals surface area (Å²) in [5.41, 5.74) is 18.0. The third kappa shape index (κ3) is 12.7. The average Bonchev–Trinajstić information content (AvgIpc) is 3.48. The van der Waals surface area contributed by atoms with Crippen LogP contribution in [-0.2, 0) is 41.6 Å². The zero-order chi connectivity index (χ0) is 31.8. The normalized spacial score (nSPS) is 13.5. The molecule has 5 amide bonds. The van der Waals surface area contributed by atoms with E-state index in [0.29, 0.717) is 25.1 Å². The van der Waals surface area contributed by atoms with E-state index in [1.165, 1.54) is 12.5 Å². The van der Waals surface area contributed by atoms with Crippen molar-refractivity contribution in [1.82, 2.24) is 31.2 Å². The molecule has 0 aliphatic carbocycles. The Bertz CT molecular complexity index is 1220. The van der Waals surface area contributed by atoms with Gasteiger partial charge in [0.1, 0.15) is 18.1 Å². The van der Waals surface area contributed by atoms with Crippen LogP contribution in [0.1, 0.15) is 36.9 Å². The molecule has 0 spiro atoms. The number of imidazole rings is 1. The number of carboxylic acid groups (broad SMARTS) is 1. The Labute approximate surface area is 247 Å². The molecule has 1 aromatic heterocycles. The van der Waals surface area contributed by atoms with E-state index in [2.05, 4.69) is 31.2 Å². The van der Waals surface area contributed by atoms with Crippen molar-refractivity contribution in [3.8, 4) is 0 Å². The highest BCUT2D eigenvalue weighted by Gasteiger charge is 2.32. The number of primary amides is 1. The Kier molecular flexibility index (Phi) is 14.3. The number of carbonyl (C=O) groups is 6. The molecule has 2 rings (SSSR count). The number of carbonyl (C=O) groups excluding carboxylic acids is 5. The molecule has 1 aromatic carbocycles. The number of benzene rings is 1. The van der Waals surface area contributed by atoms with Gasteiger partial charge in [0.25, 0.3) is 0 Å². The first-order valence-electron chi connectivity index (χ1n) is 13.7. The van der Waals surface area contributed by atoms with Gasteiger partial charge >= 0.3 is 5.97 Å². The van der Waals surface area contributed by atoms with Gasteiger partial charge in [0.2, 0.25) is 29.5 Å². The highest BCUT2D eigenvalue weighted by atomic mass is 16.4. The number of hydrogen-bond acceptors (Lipinski definition) is 9. The molecule has 0 saturated carbocycles. The van der Waals surface area contributed by atoms with Crippen molar-refractivity contribution in [2.75, 3.05) is 13.1 Å². The maximum atomic E-state index is 13.3. The maximum absolute atomic E-state index is 13.3. The van der Waals surface area contributed by atoms with Crippen molar-refractivity contribution in [1.29, 1.82) is 0 Å². The van der Waals surface area contributed by atoms with Gasteiger partial charge in [0.05, 0.1) is 25.3 Å². The number of nitrogens with one attached hydrogen (secondary N) is 5. The Morgan fingerprint density at radius 2 is 1.51 bits per heavy atom. The van der Waals surface area contributed by atoms with Gasteiger partial charge in [-0.3, -0.25) is 28.8 Å². The molecule has 16 nitrogen and oxygen atoms in total. The van der Waals surface area contributed by atoms with Crippen molar-refractivity contribution >= 4 is 35.5 Å². The number of H-pyrrole nitrogens is 1. The molecule has 0 aliphatic heterocycles. The van der Waals surface area contributed by atoms with Crippen LogP contribution in [0.4, 0.5) is 0 Å². The second-order valence-electron chi connectivity index (χ2n) is 9.83. The summed E-state index contributed by atoms with van der Waals surface area (Å²) in [6.45, 7) is -0.157. The van der Waals surface area contributed by atoms with Gasteiger partial charge in [-0.2, -0.15) is 0 Å². The molecule has 2 aromatic rings. The number of unbranched alkanes of at least 4 members (excludes halogenated alkanes) is 1. The Morgan fingerprint density at radius 1 is 0.860 bits per heavy atom. The van der Waals surface area contributed by atoms with Crippen molar-refractivity contribution < 1.29 is 33.9 Å². The highest BCUT2D eigenvalue weighted by molar-refractivity contribution is 5.96. The molecule has 43 heavy (non-hydrogen) atoms. The molecular weight excluding hydrogens is 562 g/mol. The fraction of sp³-hybridized carbons (Fsp3) is 0.444. The second kappa shape index (κ2) is 17.9. The average molecular weight is 602 g/mol.